The lowest BCUT2D eigenvalue weighted by molar-refractivity contribution is 0.229. The molecule has 0 amide bonds. The van der Waals surface area contributed by atoms with Crippen molar-refractivity contribution in [2.24, 2.45) is 5.92 Å². The third-order valence-electron chi connectivity index (χ3n) is 4.21. The maximum absolute atomic E-state index is 3.71. The Morgan fingerprint density at radius 2 is 2.13 bits per heavy atom. The monoisotopic (exact) mass is 210 g/mol. The molecule has 2 heterocycles. The maximum Gasteiger partial charge on any atom is 0.0153 e. The molecule has 2 aliphatic heterocycles. The summed E-state index contributed by atoms with van der Waals surface area (Å²) in [5.41, 5.74) is 0.454. The van der Waals surface area contributed by atoms with Crippen molar-refractivity contribution in [1.29, 1.82) is 0 Å². The second kappa shape index (κ2) is 5.31. The molecule has 2 heteroatoms. The summed E-state index contributed by atoms with van der Waals surface area (Å²) in [5.74, 6) is 0.944. The third kappa shape index (κ3) is 3.46. The molecule has 0 aromatic heterocycles. The Labute approximate surface area is 94.2 Å². The molecule has 0 aromatic carbocycles. The normalized spacial score (nSPS) is 37.8. The number of piperidine rings is 2. The summed E-state index contributed by atoms with van der Waals surface area (Å²) in [6.45, 7) is 6.16. The van der Waals surface area contributed by atoms with E-state index < -0.39 is 0 Å². The zero-order valence-electron chi connectivity index (χ0n) is 10.1. The second-order valence-electron chi connectivity index (χ2n) is 5.70. The Kier molecular flexibility index (Phi) is 4.04. The van der Waals surface area contributed by atoms with Gasteiger partial charge in [0.05, 0.1) is 0 Å². The van der Waals surface area contributed by atoms with Gasteiger partial charge in [-0.1, -0.05) is 6.42 Å². The first-order valence-electron chi connectivity index (χ1n) is 6.74. The molecule has 0 aromatic rings. The van der Waals surface area contributed by atoms with Crippen molar-refractivity contribution < 1.29 is 0 Å². The van der Waals surface area contributed by atoms with Gasteiger partial charge < -0.3 is 10.6 Å². The van der Waals surface area contributed by atoms with Gasteiger partial charge in [0.1, 0.15) is 0 Å². The van der Waals surface area contributed by atoms with Gasteiger partial charge in [-0.05, 0) is 71.0 Å². The first kappa shape index (κ1) is 11.4. The van der Waals surface area contributed by atoms with E-state index in [1.54, 1.807) is 0 Å². The van der Waals surface area contributed by atoms with E-state index in [4.69, 9.17) is 0 Å². The largest absolute Gasteiger partial charge is 0.316 e. The van der Waals surface area contributed by atoms with Gasteiger partial charge in [-0.15, -0.1) is 0 Å². The van der Waals surface area contributed by atoms with Crippen molar-refractivity contribution in [1.82, 2.24) is 10.6 Å². The Bertz CT molecular complexity index is 179. The van der Waals surface area contributed by atoms with E-state index in [9.17, 15) is 0 Å². The van der Waals surface area contributed by atoms with Crippen LogP contribution in [-0.4, -0.2) is 25.2 Å². The van der Waals surface area contributed by atoms with Gasteiger partial charge in [-0.25, -0.2) is 0 Å². The molecule has 2 aliphatic rings. The number of nitrogens with one attached hydrogen (secondary N) is 2. The van der Waals surface area contributed by atoms with E-state index in [0.717, 1.165) is 5.92 Å². The summed E-state index contributed by atoms with van der Waals surface area (Å²) < 4.78 is 0. The van der Waals surface area contributed by atoms with Crippen molar-refractivity contribution in [2.75, 3.05) is 19.6 Å². The van der Waals surface area contributed by atoms with Gasteiger partial charge >= 0.3 is 0 Å². The lowest BCUT2D eigenvalue weighted by Crippen LogP contribution is -2.46. The molecule has 15 heavy (non-hydrogen) atoms. The van der Waals surface area contributed by atoms with Crippen molar-refractivity contribution in [3.05, 3.63) is 0 Å². The average molecular weight is 210 g/mol. The second-order valence-corrected chi connectivity index (χ2v) is 5.70. The fraction of sp³-hybridized carbons (Fsp3) is 1.00. The van der Waals surface area contributed by atoms with E-state index in [0.29, 0.717) is 5.54 Å². The highest BCUT2D eigenvalue weighted by Crippen LogP contribution is 2.27. The standard InChI is InChI=1S/C13H26N2/c1-13(7-2-3-10-15-13)8-6-12-5-4-9-14-11-12/h12,14-15H,2-11H2,1H3. The van der Waals surface area contributed by atoms with Crippen LogP contribution < -0.4 is 10.6 Å². The molecule has 2 rings (SSSR count). The van der Waals surface area contributed by atoms with E-state index in [1.807, 2.05) is 0 Å². The van der Waals surface area contributed by atoms with E-state index in [1.165, 1.54) is 64.6 Å². The number of hydrogen-bond acceptors (Lipinski definition) is 2. The molecule has 0 spiro atoms. The van der Waals surface area contributed by atoms with E-state index in [2.05, 4.69) is 17.6 Å². The van der Waals surface area contributed by atoms with Crippen LogP contribution >= 0.6 is 0 Å². The SMILES string of the molecule is CC1(CCC2CCCNC2)CCCCN1. The van der Waals surface area contributed by atoms with Crippen LogP contribution in [0.2, 0.25) is 0 Å². The van der Waals surface area contributed by atoms with Gasteiger partial charge in [0.2, 0.25) is 0 Å². The van der Waals surface area contributed by atoms with Crippen LogP contribution in [0.4, 0.5) is 0 Å². The minimum Gasteiger partial charge on any atom is -0.316 e. The van der Waals surface area contributed by atoms with Crippen molar-refractivity contribution >= 4 is 0 Å². The molecule has 2 N–H and O–H groups in total. The highest BCUT2D eigenvalue weighted by atomic mass is 15.0. The summed E-state index contributed by atoms with van der Waals surface area (Å²) >= 11 is 0. The quantitative estimate of drug-likeness (QED) is 0.747. The molecule has 2 nitrogen and oxygen atoms in total. The zero-order valence-corrected chi connectivity index (χ0v) is 10.1. The van der Waals surface area contributed by atoms with Gasteiger partial charge in [-0.3, -0.25) is 0 Å². The third-order valence-corrected chi connectivity index (χ3v) is 4.21. The Balaban J connectivity index is 1.70. The van der Waals surface area contributed by atoms with Crippen molar-refractivity contribution in [3.63, 3.8) is 0 Å². The van der Waals surface area contributed by atoms with Crippen LogP contribution in [0, 0.1) is 5.92 Å². The lowest BCUT2D eigenvalue weighted by Gasteiger charge is -2.36. The van der Waals surface area contributed by atoms with Crippen molar-refractivity contribution in [2.45, 2.75) is 57.4 Å². The molecule has 2 unspecified atom stereocenters. The van der Waals surface area contributed by atoms with E-state index in [-0.39, 0.29) is 0 Å². The minimum atomic E-state index is 0.454. The molecule has 2 atom stereocenters. The average Bonchev–Trinajstić information content (AvgIpc) is 2.29. The summed E-state index contributed by atoms with van der Waals surface area (Å²) in [5, 5.41) is 7.23. The van der Waals surface area contributed by atoms with Crippen LogP contribution in [0.1, 0.15) is 51.9 Å². The fourth-order valence-electron chi connectivity index (χ4n) is 3.03. The Hall–Kier alpha value is -0.0800. The highest BCUT2D eigenvalue weighted by molar-refractivity contribution is 4.87. The van der Waals surface area contributed by atoms with Crippen LogP contribution in [-0.2, 0) is 0 Å². The molecule has 2 fully saturated rings. The smallest absolute Gasteiger partial charge is 0.0153 e. The van der Waals surface area contributed by atoms with Gasteiger partial charge in [0.15, 0.2) is 0 Å². The molecule has 0 aliphatic carbocycles. The number of hydrogen-bond donors (Lipinski definition) is 2. The number of rotatable bonds is 3. The Morgan fingerprint density at radius 1 is 1.20 bits per heavy atom. The topological polar surface area (TPSA) is 24.1 Å². The first-order valence-corrected chi connectivity index (χ1v) is 6.74. The van der Waals surface area contributed by atoms with E-state index >= 15 is 0 Å². The summed E-state index contributed by atoms with van der Waals surface area (Å²) in [7, 11) is 0. The molecule has 0 bridgehead atoms. The molecular weight excluding hydrogens is 184 g/mol. The van der Waals surface area contributed by atoms with Crippen molar-refractivity contribution in [3.8, 4) is 0 Å². The van der Waals surface area contributed by atoms with Gasteiger partial charge in [-0.2, -0.15) is 0 Å². The summed E-state index contributed by atoms with van der Waals surface area (Å²) in [6.07, 6.45) is 9.80. The molecule has 0 radical (unpaired) electrons. The zero-order chi connectivity index (χ0) is 10.6. The van der Waals surface area contributed by atoms with Gasteiger partial charge in [0, 0.05) is 5.54 Å². The Morgan fingerprint density at radius 3 is 2.80 bits per heavy atom. The van der Waals surface area contributed by atoms with Gasteiger partial charge in [0.25, 0.3) is 0 Å². The lowest BCUT2D eigenvalue weighted by atomic mass is 9.82. The minimum absolute atomic E-state index is 0.454. The predicted octanol–water partition coefficient (Wildman–Crippen LogP) is 2.30. The molecule has 2 saturated heterocycles. The van der Waals surface area contributed by atoms with Crippen LogP contribution in [0.25, 0.3) is 0 Å². The first-order chi connectivity index (χ1) is 7.29. The molecule has 0 saturated carbocycles. The molecule has 88 valence electrons. The van der Waals surface area contributed by atoms with Crippen LogP contribution in [0.15, 0.2) is 0 Å². The predicted molar refractivity (Wildman–Crippen MR) is 65.1 cm³/mol. The summed E-state index contributed by atoms with van der Waals surface area (Å²) in [6, 6.07) is 0. The fourth-order valence-corrected chi connectivity index (χ4v) is 3.03. The van der Waals surface area contributed by atoms with Crippen LogP contribution in [0.3, 0.4) is 0 Å². The van der Waals surface area contributed by atoms with Crippen LogP contribution in [0.5, 0.6) is 0 Å². The highest BCUT2D eigenvalue weighted by Gasteiger charge is 2.27. The summed E-state index contributed by atoms with van der Waals surface area (Å²) in [4.78, 5) is 0. The maximum atomic E-state index is 3.71. The molecular formula is C13H26N2.